The Morgan fingerprint density at radius 2 is 1.87 bits per heavy atom. The zero-order chi connectivity index (χ0) is 10.7. The van der Waals surface area contributed by atoms with Crippen LogP contribution in [0.2, 0.25) is 0 Å². The van der Waals surface area contributed by atoms with E-state index in [-0.39, 0.29) is 0 Å². The molecule has 1 aliphatic heterocycles. The van der Waals surface area contributed by atoms with Crippen molar-refractivity contribution in [3.05, 3.63) is 24.3 Å². The van der Waals surface area contributed by atoms with E-state index in [0.717, 1.165) is 18.6 Å². The van der Waals surface area contributed by atoms with E-state index in [1.165, 1.54) is 11.4 Å². The minimum atomic E-state index is -2.96. The molecule has 0 aromatic heterocycles. The van der Waals surface area contributed by atoms with Gasteiger partial charge in [-0.25, -0.2) is 4.57 Å². The highest BCUT2D eigenvalue weighted by Crippen LogP contribution is 2.66. The van der Waals surface area contributed by atoms with Gasteiger partial charge in [-0.1, -0.05) is 25.5 Å². The van der Waals surface area contributed by atoms with Crippen molar-refractivity contribution in [2.45, 2.75) is 19.8 Å². The fraction of sp³-hybridized carbons (Fsp3) is 0.400. The van der Waals surface area contributed by atoms with Crippen LogP contribution in [0.1, 0.15) is 19.8 Å². The molecule has 0 saturated carbocycles. The molecule has 2 rings (SSSR count). The smallest absolute Gasteiger partial charge is 0.404 e. The van der Waals surface area contributed by atoms with Crippen LogP contribution in [0.5, 0.6) is 11.5 Å². The van der Waals surface area contributed by atoms with E-state index in [0.29, 0.717) is 11.5 Å². The Morgan fingerprint density at radius 3 is 2.40 bits per heavy atom. The largest absolute Gasteiger partial charge is 0.493 e. The molecule has 0 fully saturated rings. The normalized spacial score (nSPS) is 16.6. The molecule has 1 heterocycles. The Balaban J connectivity index is 2.02. The number of hydrogen-bond acceptors (Lipinski definition) is 4. The van der Waals surface area contributed by atoms with Gasteiger partial charge >= 0.3 is 6.80 Å². The van der Waals surface area contributed by atoms with Gasteiger partial charge in [0.25, 0.3) is 0 Å². The Morgan fingerprint density at radius 1 is 1.27 bits per heavy atom. The molecule has 0 unspecified atom stereocenters. The van der Waals surface area contributed by atoms with Gasteiger partial charge in [0.1, 0.15) is 0 Å². The molecule has 1 aromatic rings. The number of benzene rings is 1. The van der Waals surface area contributed by atoms with Crippen molar-refractivity contribution < 1.29 is 13.6 Å². The second-order valence-corrected chi connectivity index (χ2v) is 7.31. The molecule has 0 aliphatic carbocycles. The zero-order valence-corrected chi connectivity index (χ0v) is 10.2. The van der Waals surface area contributed by atoms with Gasteiger partial charge in [-0.15, -0.1) is 0 Å². The van der Waals surface area contributed by atoms with Gasteiger partial charge in [0, 0.05) is 5.75 Å². The van der Waals surface area contributed by atoms with Gasteiger partial charge in [-0.05, 0) is 29.9 Å². The highest BCUT2D eigenvalue weighted by Gasteiger charge is 2.36. The molecule has 0 atom stereocenters. The maximum Gasteiger partial charge on any atom is 0.493 e. The Labute approximate surface area is 93.4 Å². The summed E-state index contributed by atoms with van der Waals surface area (Å²) in [5, 5.41) is 0. The van der Waals surface area contributed by atoms with Gasteiger partial charge < -0.3 is 9.05 Å². The first kappa shape index (κ1) is 10.9. The molecule has 1 aliphatic rings. The number of rotatable bonds is 4. The summed E-state index contributed by atoms with van der Waals surface area (Å²) in [4.78, 5) is 0. The summed E-state index contributed by atoms with van der Waals surface area (Å²) in [6, 6.07) is 7.23. The molecule has 3 nitrogen and oxygen atoms in total. The molecular formula is C10H13O3PS. The van der Waals surface area contributed by atoms with Crippen molar-refractivity contribution in [3.63, 3.8) is 0 Å². The molecule has 82 valence electrons. The molecular weight excluding hydrogens is 231 g/mol. The molecule has 5 heteroatoms. The van der Waals surface area contributed by atoms with Crippen molar-refractivity contribution in [3.8, 4) is 11.5 Å². The van der Waals surface area contributed by atoms with Crippen molar-refractivity contribution in [2.24, 2.45) is 0 Å². The molecule has 0 saturated heterocycles. The Kier molecular flexibility index (Phi) is 3.27. The molecule has 0 bridgehead atoms. The van der Waals surface area contributed by atoms with E-state index in [4.69, 9.17) is 9.05 Å². The van der Waals surface area contributed by atoms with Crippen LogP contribution in [-0.2, 0) is 4.57 Å². The highest BCUT2D eigenvalue weighted by molar-refractivity contribution is 8.55. The molecule has 15 heavy (non-hydrogen) atoms. The molecule has 0 spiro atoms. The summed E-state index contributed by atoms with van der Waals surface area (Å²) in [6.45, 7) is -0.866. The summed E-state index contributed by atoms with van der Waals surface area (Å²) in [6.07, 6.45) is 2.11. The van der Waals surface area contributed by atoms with Crippen molar-refractivity contribution in [1.29, 1.82) is 0 Å². The van der Waals surface area contributed by atoms with Gasteiger partial charge in [0.05, 0.1) is 0 Å². The van der Waals surface area contributed by atoms with E-state index in [9.17, 15) is 4.57 Å². The van der Waals surface area contributed by atoms with Crippen LogP contribution >= 0.6 is 18.2 Å². The minimum absolute atomic E-state index is 0.588. The Hall–Kier alpha value is -0.600. The Bertz CT molecular complexity index is 365. The average Bonchev–Trinajstić information content (AvgIpc) is 2.54. The summed E-state index contributed by atoms with van der Waals surface area (Å²) >= 11 is 1.28. The number of para-hydroxylation sites is 2. The lowest BCUT2D eigenvalue weighted by molar-refractivity contribution is 0.454. The first-order valence-electron chi connectivity index (χ1n) is 4.96. The summed E-state index contributed by atoms with van der Waals surface area (Å²) < 4.78 is 22.7. The zero-order valence-electron chi connectivity index (χ0n) is 8.51. The minimum Gasteiger partial charge on any atom is -0.404 e. The second kappa shape index (κ2) is 4.50. The van der Waals surface area contributed by atoms with E-state index in [2.05, 4.69) is 6.92 Å². The summed E-state index contributed by atoms with van der Waals surface area (Å²) in [5.74, 6) is 1.98. The van der Waals surface area contributed by atoms with Crippen LogP contribution in [0.4, 0.5) is 0 Å². The topological polar surface area (TPSA) is 35.5 Å². The third kappa shape index (κ3) is 2.50. The highest BCUT2D eigenvalue weighted by atomic mass is 32.7. The summed E-state index contributed by atoms with van der Waals surface area (Å²) in [7, 11) is 0. The van der Waals surface area contributed by atoms with Crippen LogP contribution in [0.25, 0.3) is 0 Å². The fourth-order valence-corrected chi connectivity index (χ4v) is 4.66. The van der Waals surface area contributed by atoms with Crippen LogP contribution < -0.4 is 9.05 Å². The van der Waals surface area contributed by atoms with Crippen LogP contribution in [0.15, 0.2) is 24.3 Å². The predicted octanol–water partition coefficient (Wildman–Crippen LogP) is 4.10. The standard InChI is InChI=1S/C10H13O3PS/c1-2-3-8-15-14(11)12-9-6-4-5-7-10(9)13-14/h4-7H,2-3,8H2,1H3. The first-order chi connectivity index (χ1) is 7.23. The van der Waals surface area contributed by atoms with E-state index in [1.807, 2.05) is 12.1 Å². The third-order valence-corrected chi connectivity index (χ3v) is 5.59. The maximum absolute atomic E-state index is 12.1. The molecule has 0 N–H and O–H groups in total. The lowest BCUT2D eigenvalue weighted by Crippen LogP contribution is -1.88. The number of unbranched alkanes of at least 4 members (excludes halogenated alkanes) is 1. The van der Waals surface area contributed by atoms with E-state index < -0.39 is 6.80 Å². The van der Waals surface area contributed by atoms with Gasteiger partial charge in [0.2, 0.25) is 0 Å². The molecule has 0 amide bonds. The molecule has 1 aromatic carbocycles. The fourth-order valence-electron chi connectivity index (χ4n) is 1.23. The first-order valence-corrected chi connectivity index (χ1v) is 8.10. The molecule has 0 radical (unpaired) electrons. The lowest BCUT2D eigenvalue weighted by Gasteiger charge is -2.07. The van der Waals surface area contributed by atoms with Gasteiger partial charge in [-0.3, -0.25) is 0 Å². The van der Waals surface area contributed by atoms with Crippen LogP contribution in [-0.4, -0.2) is 5.75 Å². The third-order valence-electron chi connectivity index (χ3n) is 2.02. The summed E-state index contributed by atoms with van der Waals surface area (Å²) in [5.41, 5.74) is 0. The van der Waals surface area contributed by atoms with E-state index in [1.54, 1.807) is 12.1 Å². The average molecular weight is 244 g/mol. The van der Waals surface area contributed by atoms with Gasteiger partial charge in [-0.2, -0.15) is 0 Å². The second-order valence-electron chi connectivity index (χ2n) is 3.26. The monoisotopic (exact) mass is 244 g/mol. The van der Waals surface area contributed by atoms with Crippen molar-refractivity contribution >= 4 is 18.2 Å². The van der Waals surface area contributed by atoms with Crippen molar-refractivity contribution in [1.82, 2.24) is 0 Å². The number of hydrogen-bond donors (Lipinski definition) is 0. The van der Waals surface area contributed by atoms with Crippen LogP contribution in [0.3, 0.4) is 0 Å². The lowest BCUT2D eigenvalue weighted by atomic mass is 10.3. The maximum atomic E-state index is 12.1. The van der Waals surface area contributed by atoms with Crippen molar-refractivity contribution in [2.75, 3.05) is 5.75 Å². The number of fused-ring (bicyclic) bond motifs is 1. The predicted molar refractivity (Wildman–Crippen MR) is 62.7 cm³/mol. The quantitative estimate of drug-likeness (QED) is 0.590. The van der Waals surface area contributed by atoms with Gasteiger partial charge in [0.15, 0.2) is 11.5 Å². The SMILES string of the molecule is CCCCSP1(=O)Oc2ccccc2O1. The van der Waals surface area contributed by atoms with Crippen LogP contribution in [0, 0.1) is 0 Å². The van der Waals surface area contributed by atoms with E-state index >= 15 is 0 Å².